The van der Waals surface area contributed by atoms with E-state index in [-0.39, 0.29) is 25.1 Å². The van der Waals surface area contributed by atoms with Crippen molar-refractivity contribution in [3.8, 4) is 11.5 Å². The summed E-state index contributed by atoms with van der Waals surface area (Å²) in [5, 5.41) is 3.14. The van der Waals surface area contributed by atoms with Gasteiger partial charge >= 0.3 is 5.97 Å². The summed E-state index contributed by atoms with van der Waals surface area (Å²) >= 11 is 0. The molecule has 0 bridgehead atoms. The first-order valence-electron chi connectivity index (χ1n) is 9.14. The van der Waals surface area contributed by atoms with Crippen LogP contribution in [0.5, 0.6) is 11.5 Å². The number of hydrogen-bond acceptors (Lipinski definition) is 7. The van der Waals surface area contributed by atoms with Crippen LogP contribution in [0.3, 0.4) is 0 Å². The highest BCUT2D eigenvalue weighted by molar-refractivity contribution is 5.95. The Morgan fingerprint density at radius 3 is 2.64 bits per heavy atom. The van der Waals surface area contributed by atoms with Crippen molar-refractivity contribution in [2.24, 2.45) is 5.41 Å². The normalized spacial score (nSPS) is 28.8. The Balaban J connectivity index is 2.08. The number of carbonyl (C=O) groups excluding carboxylic acids is 3. The van der Waals surface area contributed by atoms with E-state index in [4.69, 9.17) is 14.2 Å². The van der Waals surface area contributed by atoms with Crippen LogP contribution < -0.4 is 14.8 Å². The zero-order valence-corrected chi connectivity index (χ0v) is 16.8. The maximum atomic E-state index is 13.4. The van der Waals surface area contributed by atoms with E-state index in [9.17, 15) is 14.4 Å². The van der Waals surface area contributed by atoms with E-state index in [0.29, 0.717) is 11.5 Å². The molecule has 8 nitrogen and oxygen atoms in total. The second-order valence-corrected chi connectivity index (χ2v) is 7.65. The summed E-state index contributed by atoms with van der Waals surface area (Å²) in [6.07, 6.45) is 0.964. The molecule has 4 atom stereocenters. The van der Waals surface area contributed by atoms with Gasteiger partial charge in [0.25, 0.3) is 0 Å². The van der Waals surface area contributed by atoms with Crippen LogP contribution >= 0.6 is 0 Å². The molecule has 28 heavy (non-hydrogen) atoms. The number of benzene rings is 1. The van der Waals surface area contributed by atoms with Crippen LogP contribution in [0, 0.1) is 5.41 Å². The number of ether oxygens (including phenoxy) is 3. The minimum atomic E-state index is -1.05. The van der Waals surface area contributed by atoms with Crippen LogP contribution in [-0.2, 0) is 19.1 Å². The molecule has 0 saturated heterocycles. The molecular formula is C20H26N2O6. The topological polar surface area (TPSA) is 94.2 Å². The van der Waals surface area contributed by atoms with Gasteiger partial charge in [0.05, 0.1) is 18.6 Å². The summed E-state index contributed by atoms with van der Waals surface area (Å²) in [5.41, 5.74) is -1.20. The van der Waals surface area contributed by atoms with Crippen LogP contribution in [0.2, 0.25) is 0 Å². The molecule has 2 unspecified atom stereocenters. The third-order valence-electron chi connectivity index (χ3n) is 6.11. The van der Waals surface area contributed by atoms with Gasteiger partial charge < -0.3 is 29.2 Å². The number of carbonyl (C=O) groups is 3. The Hall–Kier alpha value is -2.61. The van der Waals surface area contributed by atoms with Gasteiger partial charge in [0.1, 0.15) is 11.8 Å². The summed E-state index contributed by atoms with van der Waals surface area (Å²) < 4.78 is 15.9. The van der Waals surface area contributed by atoms with Gasteiger partial charge in [-0.1, -0.05) is 6.07 Å². The number of aldehydes is 1. The van der Waals surface area contributed by atoms with Crippen molar-refractivity contribution in [2.45, 2.75) is 37.8 Å². The molecule has 0 aromatic heterocycles. The van der Waals surface area contributed by atoms with Crippen LogP contribution in [-0.4, -0.2) is 62.6 Å². The van der Waals surface area contributed by atoms with Crippen LogP contribution in [0.25, 0.3) is 0 Å². The quantitative estimate of drug-likeness (QED) is 0.574. The number of fused-ring (bicyclic) bond motifs is 1. The van der Waals surface area contributed by atoms with E-state index >= 15 is 0 Å². The van der Waals surface area contributed by atoms with E-state index < -0.39 is 22.9 Å². The molecule has 1 saturated carbocycles. The zero-order chi connectivity index (χ0) is 20.7. The number of nitrogens with zero attached hydrogens (tertiary/aromatic N) is 1. The average Bonchev–Trinajstić information content (AvgIpc) is 3.16. The third-order valence-corrected chi connectivity index (χ3v) is 6.11. The van der Waals surface area contributed by atoms with Gasteiger partial charge in [-0.05, 0) is 45.0 Å². The largest absolute Gasteiger partial charge is 0.469 e. The lowest BCUT2D eigenvalue weighted by Gasteiger charge is -2.59. The van der Waals surface area contributed by atoms with Gasteiger partial charge in [-0.15, -0.1) is 0 Å². The SMILES string of the molecule is CNC1(C(=O)N(C)[C@H](C)C=O)C[C@](C)(C(=O)OC)C1c1ccc2c(c1)OCO2. The van der Waals surface area contributed by atoms with Gasteiger partial charge in [-0.3, -0.25) is 9.59 Å². The highest BCUT2D eigenvalue weighted by Crippen LogP contribution is 2.61. The summed E-state index contributed by atoms with van der Waals surface area (Å²) in [5.74, 6) is 0.0407. The Bertz CT molecular complexity index is 812. The molecule has 1 N–H and O–H groups in total. The lowest BCUT2D eigenvalue weighted by Crippen LogP contribution is -2.74. The molecule has 1 aliphatic heterocycles. The van der Waals surface area contributed by atoms with Crippen molar-refractivity contribution >= 4 is 18.2 Å². The molecule has 152 valence electrons. The number of amides is 1. The smallest absolute Gasteiger partial charge is 0.312 e. The van der Waals surface area contributed by atoms with Crippen molar-refractivity contribution in [3.63, 3.8) is 0 Å². The number of rotatable bonds is 6. The van der Waals surface area contributed by atoms with Gasteiger partial charge in [0, 0.05) is 13.0 Å². The molecule has 0 spiro atoms. The fraction of sp³-hybridized carbons (Fsp3) is 0.550. The first kappa shape index (κ1) is 20.1. The summed E-state index contributed by atoms with van der Waals surface area (Å²) in [7, 11) is 4.62. The summed E-state index contributed by atoms with van der Waals surface area (Å²) in [4.78, 5) is 38.6. The van der Waals surface area contributed by atoms with E-state index in [1.54, 1.807) is 40.1 Å². The molecule has 1 aromatic rings. The Morgan fingerprint density at radius 2 is 2.04 bits per heavy atom. The van der Waals surface area contributed by atoms with Gasteiger partial charge in [-0.2, -0.15) is 0 Å². The van der Waals surface area contributed by atoms with E-state index in [1.165, 1.54) is 12.0 Å². The van der Waals surface area contributed by atoms with Crippen LogP contribution in [0.4, 0.5) is 0 Å². The predicted octanol–water partition coefficient (Wildman–Crippen LogP) is 1.09. The zero-order valence-electron chi connectivity index (χ0n) is 16.8. The molecule has 1 aliphatic carbocycles. The van der Waals surface area contributed by atoms with E-state index in [0.717, 1.165) is 11.8 Å². The minimum Gasteiger partial charge on any atom is -0.469 e. The first-order valence-corrected chi connectivity index (χ1v) is 9.14. The molecule has 1 aromatic carbocycles. The third kappa shape index (κ3) is 2.74. The molecule has 3 rings (SSSR count). The molecule has 1 amide bonds. The van der Waals surface area contributed by atoms with Gasteiger partial charge in [-0.25, -0.2) is 0 Å². The number of esters is 1. The van der Waals surface area contributed by atoms with Crippen molar-refractivity contribution in [1.82, 2.24) is 10.2 Å². The first-order chi connectivity index (χ1) is 13.2. The monoisotopic (exact) mass is 390 g/mol. The fourth-order valence-corrected chi connectivity index (χ4v) is 4.49. The van der Waals surface area contributed by atoms with Gasteiger partial charge in [0.2, 0.25) is 12.7 Å². The van der Waals surface area contributed by atoms with Crippen molar-refractivity contribution < 1.29 is 28.6 Å². The average molecular weight is 390 g/mol. The number of likely N-dealkylation sites (N-methyl/N-ethyl adjacent to an activating group) is 2. The maximum Gasteiger partial charge on any atom is 0.312 e. The highest BCUT2D eigenvalue weighted by Gasteiger charge is 2.69. The lowest BCUT2D eigenvalue weighted by atomic mass is 9.47. The number of methoxy groups -OCH3 is 1. The lowest BCUT2D eigenvalue weighted by molar-refractivity contribution is -0.174. The number of nitrogens with one attached hydrogen (secondary N) is 1. The van der Waals surface area contributed by atoms with Gasteiger partial charge in [0.15, 0.2) is 11.5 Å². The summed E-state index contributed by atoms with van der Waals surface area (Å²) in [6.45, 7) is 3.58. The Kier molecular flexibility index (Phi) is 5.10. The summed E-state index contributed by atoms with van der Waals surface area (Å²) in [6, 6.07) is 4.83. The fourth-order valence-electron chi connectivity index (χ4n) is 4.49. The standard InChI is InChI=1S/C20H26N2O6/c1-12(9-23)22(4)17(24)20(21-3)10-19(2,18(25)26-5)16(20)13-6-7-14-15(8-13)28-11-27-14/h6-9,12,16,21H,10-11H2,1-5H3/t12-,16?,19+,20?/m1/s1. The van der Waals surface area contributed by atoms with Crippen molar-refractivity contribution in [2.75, 3.05) is 28.0 Å². The molecule has 0 radical (unpaired) electrons. The Morgan fingerprint density at radius 1 is 1.36 bits per heavy atom. The molecule has 2 aliphatic rings. The number of hydrogen-bond donors (Lipinski definition) is 1. The molecule has 1 fully saturated rings. The minimum absolute atomic E-state index is 0.132. The molecule has 1 heterocycles. The van der Waals surface area contributed by atoms with Crippen LogP contribution in [0.1, 0.15) is 31.7 Å². The molecule has 8 heteroatoms. The van der Waals surface area contributed by atoms with Crippen LogP contribution in [0.15, 0.2) is 18.2 Å². The van der Waals surface area contributed by atoms with Crippen molar-refractivity contribution in [3.05, 3.63) is 23.8 Å². The predicted molar refractivity (Wildman–Crippen MR) is 100 cm³/mol. The highest BCUT2D eigenvalue weighted by atomic mass is 16.7. The Labute approximate surface area is 164 Å². The van der Waals surface area contributed by atoms with E-state index in [1.807, 2.05) is 6.07 Å². The maximum absolute atomic E-state index is 13.4. The van der Waals surface area contributed by atoms with Crippen molar-refractivity contribution in [1.29, 1.82) is 0 Å². The second-order valence-electron chi connectivity index (χ2n) is 7.65. The van der Waals surface area contributed by atoms with E-state index in [2.05, 4.69) is 5.32 Å². The second kappa shape index (κ2) is 7.09. The molecular weight excluding hydrogens is 364 g/mol.